The molecular formula is C21H21N4O4S+. The van der Waals surface area contributed by atoms with Gasteiger partial charge < -0.3 is 10.8 Å². The van der Waals surface area contributed by atoms with Crippen molar-refractivity contribution in [2.24, 2.45) is 0 Å². The van der Waals surface area contributed by atoms with E-state index in [1.54, 1.807) is 24.4 Å². The van der Waals surface area contributed by atoms with Crippen LogP contribution >= 0.6 is 0 Å². The molecule has 4 aromatic rings. The third kappa shape index (κ3) is 3.03. The van der Waals surface area contributed by atoms with E-state index >= 15 is 0 Å². The number of aliphatic hydroxyl groups is 1. The number of benzene rings is 1. The molecule has 0 amide bonds. The molecule has 0 radical (unpaired) electrons. The van der Waals surface area contributed by atoms with Crippen LogP contribution in [0.15, 0.2) is 63.2 Å². The smallest absolute Gasteiger partial charge is 0.278 e. The number of fused-ring (bicyclic) bond motifs is 2. The molecule has 1 aromatic carbocycles. The molecule has 0 spiro atoms. The molecule has 3 aromatic heterocycles. The first-order chi connectivity index (χ1) is 14.3. The fraction of sp³-hybridized carbons (Fsp3) is 0.190. The number of aliphatic hydroxyl groups excluding tert-OH is 1. The molecule has 0 bridgehead atoms. The number of aryl methyl sites for hydroxylation is 2. The number of aromatic nitrogens is 3. The first-order valence-electron chi connectivity index (χ1n) is 9.32. The zero-order chi connectivity index (χ0) is 21.6. The minimum Gasteiger partial charge on any atom is -0.393 e. The Hall–Kier alpha value is -3.30. The molecule has 0 fully saturated rings. The van der Waals surface area contributed by atoms with E-state index < -0.39 is 15.4 Å². The number of nitrogen functional groups attached to an aromatic ring is 1. The summed E-state index contributed by atoms with van der Waals surface area (Å²) in [6, 6.07) is 11.2. The molecule has 9 heteroatoms. The molecule has 0 atom stereocenters. The first-order valence-corrected chi connectivity index (χ1v) is 10.8. The van der Waals surface area contributed by atoms with E-state index in [0.717, 1.165) is 11.1 Å². The number of anilines is 1. The average molecular weight is 425 g/mol. The summed E-state index contributed by atoms with van der Waals surface area (Å²) in [4.78, 5) is 17.6. The number of nitrogens with two attached hydrogens (primary N) is 1. The van der Waals surface area contributed by atoms with E-state index in [1.165, 1.54) is 27.2 Å². The summed E-state index contributed by atoms with van der Waals surface area (Å²) < 4.78 is 29.4. The molecule has 154 valence electrons. The largest absolute Gasteiger partial charge is 0.393 e. The van der Waals surface area contributed by atoms with Crippen LogP contribution in [0.1, 0.15) is 11.1 Å². The molecule has 0 unspecified atom stereocenters. The quantitative estimate of drug-likeness (QED) is 0.374. The molecule has 0 saturated carbocycles. The predicted molar refractivity (Wildman–Crippen MR) is 112 cm³/mol. The van der Waals surface area contributed by atoms with Crippen molar-refractivity contribution in [3.63, 3.8) is 0 Å². The van der Waals surface area contributed by atoms with E-state index in [9.17, 15) is 18.3 Å². The second kappa shape index (κ2) is 7.19. The fourth-order valence-electron chi connectivity index (χ4n) is 3.47. The number of hydrogen-bond donors (Lipinski definition) is 2. The van der Waals surface area contributed by atoms with Gasteiger partial charge in [0.15, 0.2) is 0 Å². The third-order valence-corrected chi connectivity index (χ3v) is 6.88. The van der Waals surface area contributed by atoms with Gasteiger partial charge in [-0.05, 0) is 38.1 Å². The number of pyridine rings is 2. The molecule has 8 nitrogen and oxygen atoms in total. The van der Waals surface area contributed by atoms with Crippen LogP contribution in [0.25, 0.3) is 16.7 Å². The van der Waals surface area contributed by atoms with Gasteiger partial charge in [0.25, 0.3) is 11.2 Å². The summed E-state index contributed by atoms with van der Waals surface area (Å²) in [6.07, 6.45) is 1.58. The summed E-state index contributed by atoms with van der Waals surface area (Å²) in [7, 11) is -4.00. The van der Waals surface area contributed by atoms with E-state index in [-0.39, 0.29) is 39.8 Å². The third-order valence-electron chi connectivity index (χ3n) is 5.08. The number of nitrogens with zero attached hydrogens (tertiary/aromatic N) is 3. The zero-order valence-electron chi connectivity index (χ0n) is 16.5. The summed E-state index contributed by atoms with van der Waals surface area (Å²) in [5, 5.41) is 9.65. The normalized spacial score (nSPS) is 12.0. The van der Waals surface area contributed by atoms with Crippen LogP contribution in [0.5, 0.6) is 0 Å². The van der Waals surface area contributed by atoms with Gasteiger partial charge in [0.05, 0.1) is 18.0 Å². The molecular weight excluding hydrogens is 404 g/mol. The van der Waals surface area contributed by atoms with Crippen molar-refractivity contribution in [2.75, 3.05) is 12.3 Å². The number of rotatable bonds is 4. The molecule has 0 aliphatic carbocycles. The minimum absolute atomic E-state index is 0.00587. The summed E-state index contributed by atoms with van der Waals surface area (Å²) >= 11 is 0. The Bertz CT molecular complexity index is 1460. The van der Waals surface area contributed by atoms with Gasteiger partial charge in [0.1, 0.15) is 10.3 Å². The monoisotopic (exact) mass is 425 g/mol. The van der Waals surface area contributed by atoms with Crippen LogP contribution < -0.4 is 15.9 Å². The summed E-state index contributed by atoms with van der Waals surface area (Å²) in [5.41, 5.74) is 8.20. The Morgan fingerprint density at radius 1 is 1.17 bits per heavy atom. The zero-order valence-corrected chi connectivity index (χ0v) is 17.3. The Kier molecular flexibility index (Phi) is 4.79. The van der Waals surface area contributed by atoms with Crippen LogP contribution in [0.2, 0.25) is 0 Å². The van der Waals surface area contributed by atoms with Gasteiger partial charge in [0, 0.05) is 11.8 Å². The van der Waals surface area contributed by atoms with Crippen LogP contribution in [0.3, 0.4) is 0 Å². The van der Waals surface area contributed by atoms with E-state index in [0.29, 0.717) is 5.65 Å². The fourth-order valence-corrected chi connectivity index (χ4v) is 4.88. The SMILES string of the molecule is Cc1ccc(S(=O)(=O)c2cc3c(=O)n4cccc(C)c4nc3[n+](CCO)c2N)cc1. The Morgan fingerprint density at radius 3 is 2.53 bits per heavy atom. The van der Waals surface area contributed by atoms with Gasteiger partial charge in [0.2, 0.25) is 21.3 Å². The highest BCUT2D eigenvalue weighted by Gasteiger charge is 2.29. The Morgan fingerprint density at radius 2 is 1.87 bits per heavy atom. The minimum atomic E-state index is -4.00. The van der Waals surface area contributed by atoms with Crippen molar-refractivity contribution in [1.82, 2.24) is 9.38 Å². The van der Waals surface area contributed by atoms with Crippen molar-refractivity contribution in [2.45, 2.75) is 30.2 Å². The van der Waals surface area contributed by atoms with Crippen molar-refractivity contribution >= 4 is 32.3 Å². The molecule has 3 N–H and O–H groups in total. The van der Waals surface area contributed by atoms with Crippen molar-refractivity contribution in [3.05, 3.63) is 70.1 Å². The van der Waals surface area contributed by atoms with Gasteiger partial charge in [-0.2, -0.15) is 0 Å². The lowest BCUT2D eigenvalue weighted by Gasteiger charge is -2.12. The molecule has 0 saturated heterocycles. The number of hydrogen-bond acceptors (Lipinski definition) is 6. The van der Waals surface area contributed by atoms with Gasteiger partial charge in [-0.25, -0.2) is 13.0 Å². The van der Waals surface area contributed by atoms with Crippen LogP contribution in [-0.2, 0) is 16.4 Å². The highest BCUT2D eigenvalue weighted by molar-refractivity contribution is 7.91. The molecule has 4 rings (SSSR count). The summed E-state index contributed by atoms with van der Waals surface area (Å²) in [5.74, 6) is -0.0815. The molecule has 0 aliphatic rings. The maximum absolute atomic E-state index is 13.3. The van der Waals surface area contributed by atoms with Crippen molar-refractivity contribution < 1.29 is 18.1 Å². The maximum Gasteiger partial charge on any atom is 0.278 e. The Balaban J connectivity index is 2.13. The van der Waals surface area contributed by atoms with Gasteiger partial charge in [-0.3, -0.25) is 9.20 Å². The maximum atomic E-state index is 13.3. The Labute approximate surface area is 172 Å². The molecule has 3 heterocycles. The van der Waals surface area contributed by atoms with Gasteiger partial charge in [-0.1, -0.05) is 28.7 Å². The van der Waals surface area contributed by atoms with Gasteiger partial charge >= 0.3 is 0 Å². The average Bonchev–Trinajstić information content (AvgIpc) is 2.71. The predicted octanol–water partition coefficient (Wildman–Crippen LogP) is 1.16. The second-order valence-corrected chi connectivity index (χ2v) is 9.04. The van der Waals surface area contributed by atoms with Crippen molar-refractivity contribution in [3.8, 4) is 0 Å². The highest BCUT2D eigenvalue weighted by atomic mass is 32.2. The van der Waals surface area contributed by atoms with E-state index in [4.69, 9.17) is 5.73 Å². The summed E-state index contributed by atoms with van der Waals surface area (Å²) in [6.45, 7) is 3.38. The highest BCUT2D eigenvalue weighted by Crippen LogP contribution is 2.26. The lowest BCUT2D eigenvalue weighted by molar-refractivity contribution is -0.661. The van der Waals surface area contributed by atoms with Crippen molar-refractivity contribution in [1.29, 1.82) is 0 Å². The first kappa shape index (κ1) is 20.0. The van der Waals surface area contributed by atoms with E-state index in [1.807, 2.05) is 19.9 Å². The van der Waals surface area contributed by atoms with Crippen LogP contribution in [0, 0.1) is 13.8 Å². The molecule has 0 aliphatic heterocycles. The van der Waals surface area contributed by atoms with Crippen LogP contribution in [-0.4, -0.2) is 29.5 Å². The lowest BCUT2D eigenvalue weighted by atomic mass is 10.2. The lowest BCUT2D eigenvalue weighted by Crippen LogP contribution is -2.43. The molecule has 30 heavy (non-hydrogen) atoms. The van der Waals surface area contributed by atoms with Crippen LogP contribution in [0.4, 0.5) is 5.82 Å². The second-order valence-electron chi connectivity index (χ2n) is 7.12. The van der Waals surface area contributed by atoms with E-state index in [2.05, 4.69) is 4.98 Å². The standard InChI is InChI=1S/C21H20N4O4S/c1-13-5-7-15(8-6-13)30(28,29)17-12-16-20(24(10-11-26)18(17)22)23-19-14(2)4-3-9-25(19)21(16)27/h3-9,12,22,26H,10-11H2,1-2H3/p+1. The number of sulfone groups is 1. The topological polar surface area (TPSA) is 119 Å². The van der Waals surface area contributed by atoms with Gasteiger partial charge in [-0.15, -0.1) is 0 Å².